The molecule has 0 aromatic carbocycles. The molecule has 25 heavy (non-hydrogen) atoms. The van der Waals surface area contributed by atoms with E-state index < -0.39 is 16.0 Å². The van der Waals surface area contributed by atoms with Gasteiger partial charge >= 0.3 is 5.97 Å². The number of hydrogen-bond acceptors (Lipinski definition) is 5. The molecule has 1 fully saturated rings. The lowest BCUT2D eigenvalue weighted by atomic mass is 10.1. The Hall–Kier alpha value is -2.03. The Morgan fingerprint density at radius 3 is 2.44 bits per heavy atom. The number of rotatable bonds is 5. The Morgan fingerprint density at radius 1 is 1.12 bits per heavy atom. The van der Waals surface area contributed by atoms with Crippen molar-refractivity contribution in [1.82, 2.24) is 9.29 Å². The first-order chi connectivity index (χ1) is 12.0. The van der Waals surface area contributed by atoms with Gasteiger partial charge in [0.05, 0.1) is 5.57 Å². The zero-order valence-electron chi connectivity index (χ0n) is 13.5. The van der Waals surface area contributed by atoms with Crippen LogP contribution in [-0.4, -0.2) is 41.9 Å². The Kier molecular flexibility index (Phi) is 5.31. The maximum atomic E-state index is 12.7. The number of aliphatic carboxylic acids is 1. The molecule has 0 unspecified atom stereocenters. The Balaban J connectivity index is 1.93. The van der Waals surface area contributed by atoms with Crippen LogP contribution in [0.5, 0.6) is 0 Å². The maximum Gasteiger partial charge on any atom is 0.337 e. The van der Waals surface area contributed by atoms with Crippen LogP contribution >= 0.6 is 11.3 Å². The van der Waals surface area contributed by atoms with Gasteiger partial charge in [-0.3, -0.25) is 4.98 Å². The van der Waals surface area contributed by atoms with Crippen LogP contribution in [0.15, 0.2) is 40.9 Å². The summed E-state index contributed by atoms with van der Waals surface area (Å²) >= 11 is 0.995. The van der Waals surface area contributed by atoms with Gasteiger partial charge in [-0.15, -0.1) is 11.3 Å². The average molecular weight is 378 g/mol. The average Bonchev–Trinajstić information content (AvgIpc) is 3.11. The number of hydrogen-bond donors (Lipinski definition) is 1. The van der Waals surface area contributed by atoms with Crippen molar-refractivity contribution in [2.75, 3.05) is 13.1 Å². The predicted molar refractivity (Wildman–Crippen MR) is 96.7 cm³/mol. The summed E-state index contributed by atoms with van der Waals surface area (Å²) < 4.78 is 27.1. The number of carbonyl (C=O) groups is 1. The van der Waals surface area contributed by atoms with Crippen molar-refractivity contribution in [2.24, 2.45) is 0 Å². The van der Waals surface area contributed by atoms with Gasteiger partial charge in [-0.1, -0.05) is 6.42 Å². The molecule has 3 rings (SSSR count). The molecule has 8 heteroatoms. The first-order valence-corrected chi connectivity index (χ1v) is 10.2. The molecular weight excluding hydrogens is 360 g/mol. The van der Waals surface area contributed by atoms with Gasteiger partial charge in [-0.2, -0.15) is 4.31 Å². The fourth-order valence-corrected chi connectivity index (χ4v) is 5.69. The van der Waals surface area contributed by atoms with Gasteiger partial charge < -0.3 is 5.11 Å². The maximum absolute atomic E-state index is 12.7. The number of sulfonamides is 1. The second kappa shape index (κ2) is 7.47. The highest BCUT2D eigenvalue weighted by Gasteiger charge is 2.28. The monoisotopic (exact) mass is 378 g/mol. The third kappa shape index (κ3) is 3.97. The molecule has 1 aliphatic heterocycles. The predicted octanol–water partition coefficient (Wildman–Crippen LogP) is 2.94. The van der Waals surface area contributed by atoms with Gasteiger partial charge in [0.2, 0.25) is 0 Å². The summed E-state index contributed by atoms with van der Waals surface area (Å²) in [4.78, 5) is 15.9. The van der Waals surface area contributed by atoms with Gasteiger partial charge in [0.25, 0.3) is 10.0 Å². The molecule has 0 amide bonds. The molecule has 2 aromatic heterocycles. The number of piperidine rings is 1. The smallest absolute Gasteiger partial charge is 0.337 e. The van der Waals surface area contributed by atoms with Crippen LogP contribution in [0, 0.1) is 0 Å². The van der Waals surface area contributed by atoms with Crippen molar-refractivity contribution in [3.63, 3.8) is 0 Å². The van der Waals surface area contributed by atoms with Crippen LogP contribution in [0.4, 0.5) is 0 Å². The van der Waals surface area contributed by atoms with Gasteiger partial charge in [-0.25, -0.2) is 13.2 Å². The number of nitrogens with zero attached hydrogens (tertiary/aromatic N) is 2. The fraction of sp³-hybridized carbons (Fsp3) is 0.294. The van der Waals surface area contributed by atoms with Crippen molar-refractivity contribution in [3.8, 4) is 0 Å². The zero-order valence-corrected chi connectivity index (χ0v) is 15.1. The van der Waals surface area contributed by atoms with E-state index in [0.717, 1.165) is 30.6 Å². The van der Waals surface area contributed by atoms with Gasteiger partial charge in [0.1, 0.15) is 4.21 Å². The molecule has 1 aliphatic rings. The van der Waals surface area contributed by atoms with Crippen molar-refractivity contribution in [2.45, 2.75) is 23.5 Å². The molecule has 132 valence electrons. The van der Waals surface area contributed by atoms with E-state index in [0.29, 0.717) is 23.5 Å². The summed E-state index contributed by atoms with van der Waals surface area (Å²) in [5.41, 5.74) is 0.762. The molecule has 0 bridgehead atoms. The second-order valence-corrected chi connectivity index (χ2v) is 8.98. The van der Waals surface area contributed by atoms with Gasteiger partial charge in [0, 0.05) is 30.4 Å². The zero-order chi connectivity index (χ0) is 17.9. The third-order valence-electron chi connectivity index (χ3n) is 4.00. The van der Waals surface area contributed by atoms with Crippen LogP contribution in [-0.2, 0) is 14.8 Å². The minimum Gasteiger partial charge on any atom is -0.478 e. The van der Waals surface area contributed by atoms with E-state index in [1.165, 1.54) is 16.4 Å². The van der Waals surface area contributed by atoms with Crippen LogP contribution in [0.2, 0.25) is 0 Å². The molecule has 6 nitrogen and oxygen atoms in total. The number of carboxylic acids is 1. The molecule has 0 spiro atoms. The lowest BCUT2D eigenvalue weighted by Crippen LogP contribution is -2.35. The first kappa shape index (κ1) is 17.8. The van der Waals surface area contributed by atoms with Crippen LogP contribution in [0.1, 0.15) is 29.7 Å². The number of aromatic nitrogens is 1. The summed E-state index contributed by atoms with van der Waals surface area (Å²) in [6.07, 6.45) is 7.43. The summed E-state index contributed by atoms with van der Waals surface area (Å²) in [7, 11) is -3.55. The summed E-state index contributed by atoms with van der Waals surface area (Å²) in [6.45, 7) is 1.04. The minimum atomic E-state index is -3.55. The van der Waals surface area contributed by atoms with E-state index in [1.807, 2.05) is 0 Å². The standard InChI is InChI=1S/C17H18N2O4S2/c20-17(21)14(12-13-6-8-18-9-7-13)15-4-5-16(24-15)25(22,23)19-10-2-1-3-11-19/h4-9,12H,1-3,10-11H2,(H,20,21)/b14-12-. The second-order valence-electron chi connectivity index (χ2n) is 5.73. The van der Waals surface area contributed by atoms with Crippen LogP contribution in [0.3, 0.4) is 0 Å². The molecule has 3 heterocycles. The highest BCUT2D eigenvalue weighted by atomic mass is 32.2. The summed E-state index contributed by atoms with van der Waals surface area (Å²) in [5.74, 6) is -1.10. The Morgan fingerprint density at radius 2 is 1.80 bits per heavy atom. The molecule has 2 aromatic rings. The van der Waals surface area contributed by atoms with E-state index in [4.69, 9.17) is 0 Å². The van der Waals surface area contributed by atoms with Gasteiger partial charge in [-0.05, 0) is 48.7 Å². The normalized spacial score (nSPS) is 16.7. The molecule has 0 radical (unpaired) electrons. The Bertz CT molecular complexity index is 882. The van der Waals surface area contributed by atoms with Crippen molar-refractivity contribution in [3.05, 3.63) is 47.1 Å². The SMILES string of the molecule is O=C(O)/C(=C\c1ccncc1)c1ccc(S(=O)(=O)N2CCCCC2)s1. The van der Waals surface area contributed by atoms with Crippen molar-refractivity contribution >= 4 is 39.0 Å². The van der Waals surface area contributed by atoms with E-state index >= 15 is 0 Å². The Labute approximate surface area is 150 Å². The van der Waals surface area contributed by atoms with E-state index in [2.05, 4.69) is 4.98 Å². The van der Waals surface area contributed by atoms with Crippen molar-refractivity contribution < 1.29 is 18.3 Å². The topological polar surface area (TPSA) is 87.6 Å². The molecular formula is C17H18N2O4S2. The summed E-state index contributed by atoms with van der Waals surface area (Å²) in [5, 5.41) is 9.51. The number of carboxylic acid groups (broad SMARTS) is 1. The van der Waals surface area contributed by atoms with E-state index in [9.17, 15) is 18.3 Å². The number of pyridine rings is 1. The van der Waals surface area contributed by atoms with E-state index in [1.54, 1.807) is 30.6 Å². The molecule has 1 saturated heterocycles. The summed E-state index contributed by atoms with van der Waals surface area (Å²) in [6, 6.07) is 6.44. The van der Waals surface area contributed by atoms with Gasteiger partial charge in [0.15, 0.2) is 0 Å². The molecule has 0 atom stereocenters. The van der Waals surface area contributed by atoms with Crippen LogP contribution in [0.25, 0.3) is 11.6 Å². The first-order valence-electron chi connectivity index (χ1n) is 7.94. The number of thiophene rings is 1. The lowest BCUT2D eigenvalue weighted by molar-refractivity contribution is -0.130. The molecule has 0 saturated carbocycles. The van der Waals surface area contributed by atoms with E-state index in [-0.39, 0.29) is 9.78 Å². The lowest BCUT2D eigenvalue weighted by Gasteiger charge is -2.25. The van der Waals surface area contributed by atoms with Crippen LogP contribution < -0.4 is 0 Å². The highest BCUT2D eigenvalue weighted by molar-refractivity contribution is 7.91. The highest BCUT2D eigenvalue weighted by Crippen LogP contribution is 2.31. The van der Waals surface area contributed by atoms with Crippen molar-refractivity contribution in [1.29, 1.82) is 0 Å². The fourth-order valence-electron chi connectivity index (χ4n) is 2.70. The largest absolute Gasteiger partial charge is 0.478 e. The molecule has 0 aliphatic carbocycles. The molecule has 1 N–H and O–H groups in total. The quantitative estimate of drug-likeness (QED) is 0.808. The minimum absolute atomic E-state index is 0.0660. The third-order valence-corrected chi connectivity index (χ3v) is 7.49.